The Morgan fingerprint density at radius 2 is 2.20 bits per heavy atom. The number of nitrogens with zero attached hydrogens (tertiary/aromatic N) is 1. The van der Waals surface area contributed by atoms with E-state index in [0.29, 0.717) is 0 Å². The largest absolute Gasteiger partial charge is 1.00 e. The van der Waals surface area contributed by atoms with Gasteiger partial charge >= 0.3 is 29.6 Å². The molecule has 1 unspecified atom stereocenters. The average molecular weight is 99.0 g/mol. The maximum Gasteiger partial charge on any atom is 1.00 e. The molecule has 0 spiro atoms. The Bertz CT molecular complexity index is 45.3. The predicted octanol–water partition coefficient (Wildman–Crippen LogP) is -2.61. The Morgan fingerprint density at radius 3 is 2.20 bits per heavy atom. The molecule has 0 amide bonds. The first-order chi connectivity index (χ1) is 1.91. The van der Waals surface area contributed by atoms with Crippen LogP contribution in [0, 0.1) is 11.5 Å². The average Bonchev–Trinajstić information content (AvgIpc) is 1.37. The van der Waals surface area contributed by atoms with E-state index in [2.05, 4.69) is 4.52 Å². The molecule has 0 aromatic carbocycles. The van der Waals surface area contributed by atoms with Crippen molar-refractivity contribution in [2.24, 2.45) is 0 Å². The van der Waals surface area contributed by atoms with Crippen molar-refractivity contribution < 1.29 is 35.5 Å². The molecule has 4 heteroatoms. The first kappa shape index (κ1) is 9.21. The first-order valence-corrected chi connectivity index (χ1v) is 1.13. The molecule has 0 rings (SSSR count). The molecule has 0 N–H and O–H groups in total. The fraction of sp³-hybridized carbons (Fsp3) is 0. The molecule has 24 valence electrons. The van der Waals surface area contributed by atoms with Gasteiger partial charge in [0.15, 0.2) is 0 Å². The number of nitriles is 1. The maximum atomic E-state index is 7.38. The van der Waals surface area contributed by atoms with Crippen molar-refractivity contribution in [2.75, 3.05) is 0 Å². The Kier molecular flexibility index (Phi) is 16.3. The van der Waals surface area contributed by atoms with E-state index in [9.17, 15) is 0 Å². The minimum atomic E-state index is 0. The van der Waals surface area contributed by atoms with Crippen LogP contribution in [0.4, 0.5) is 0 Å². The smallest absolute Gasteiger partial charge is 1.00 e. The van der Waals surface area contributed by atoms with Crippen LogP contribution < -0.4 is 29.6 Å². The zero-order valence-corrected chi connectivity index (χ0v) is 6.09. The summed E-state index contributed by atoms with van der Waals surface area (Å²) in [6, 6.07) is 0. The molecule has 0 saturated carbocycles. The number of hydrogen-bond acceptors (Lipinski definition) is 2. The fourth-order valence-corrected chi connectivity index (χ4v) is 0. The van der Waals surface area contributed by atoms with Gasteiger partial charge in [-0.2, -0.15) is 5.26 Å². The standard InChI is InChI=1S/CH2NOP.Na.H/c2-1-3-4;;/h4H2;;/q;+1;-1. The summed E-state index contributed by atoms with van der Waals surface area (Å²) in [5.74, 6) is 0. The van der Waals surface area contributed by atoms with E-state index < -0.39 is 0 Å². The number of hydrogen-bond donors (Lipinski definition) is 0. The predicted molar refractivity (Wildman–Crippen MR) is 17.5 cm³/mol. The van der Waals surface area contributed by atoms with Crippen LogP contribution in [0.2, 0.25) is 0 Å². The van der Waals surface area contributed by atoms with Crippen molar-refractivity contribution in [3.63, 3.8) is 0 Å². The van der Waals surface area contributed by atoms with Gasteiger partial charge in [0.1, 0.15) is 0 Å². The molecule has 1 atom stereocenters. The summed E-state index contributed by atoms with van der Waals surface area (Å²) in [5.41, 5.74) is 0. The SMILES string of the molecule is N#COP.[H-].[Na+]. The van der Waals surface area contributed by atoms with E-state index in [1.165, 1.54) is 6.26 Å². The Morgan fingerprint density at radius 1 is 2.00 bits per heavy atom. The van der Waals surface area contributed by atoms with Crippen LogP contribution in [0.15, 0.2) is 0 Å². The van der Waals surface area contributed by atoms with Crippen LogP contribution in [0.5, 0.6) is 0 Å². The van der Waals surface area contributed by atoms with Crippen LogP contribution in [0.3, 0.4) is 0 Å². The van der Waals surface area contributed by atoms with Crippen LogP contribution in [-0.4, -0.2) is 0 Å². The summed E-state index contributed by atoms with van der Waals surface area (Å²) in [6.07, 6.45) is 1.39. The summed E-state index contributed by atoms with van der Waals surface area (Å²) >= 11 is 0. The van der Waals surface area contributed by atoms with E-state index in [4.69, 9.17) is 5.26 Å². The zero-order chi connectivity index (χ0) is 3.41. The molecule has 0 saturated heterocycles. The van der Waals surface area contributed by atoms with Crippen molar-refractivity contribution in [2.45, 2.75) is 0 Å². The zero-order valence-electron chi connectivity index (χ0n) is 3.93. The second-order valence-corrected chi connectivity index (χ2v) is 0.445. The molecule has 0 heterocycles. The van der Waals surface area contributed by atoms with Gasteiger partial charge in [-0.15, -0.1) is 0 Å². The van der Waals surface area contributed by atoms with Crippen LogP contribution >= 0.6 is 9.47 Å². The normalized spacial score (nSPS) is 3.20. The molecule has 0 bridgehead atoms. The maximum absolute atomic E-state index is 7.38. The van der Waals surface area contributed by atoms with Gasteiger partial charge in [0, 0.05) is 0 Å². The summed E-state index contributed by atoms with van der Waals surface area (Å²) in [6.45, 7) is 0. The molecule has 0 aliphatic rings. The van der Waals surface area contributed by atoms with Gasteiger partial charge < -0.3 is 5.95 Å². The van der Waals surface area contributed by atoms with Crippen LogP contribution in [-0.2, 0) is 4.52 Å². The molecule has 0 fully saturated rings. The Labute approximate surface area is 56.6 Å². The van der Waals surface area contributed by atoms with Crippen molar-refractivity contribution in [3.05, 3.63) is 0 Å². The van der Waals surface area contributed by atoms with Crippen molar-refractivity contribution in [3.8, 4) is 6.26 Å². The Hall–Kier alpha value is 0.720. The van der Waals surface area contributed by atoms with E-state index in [1.54, 1.807) is 9.47 Å². The summed E-state index contributed by atoms with van der Waals surface area (Å²) < 4.78 is 3.76. The summed E-state index contributed by atoms with van der Waals surface area (Å²) in [4.78, 5) is 0. The molecule has 0 aromatic heterocycles. The van der Waals surface area contributed by atoms with Crippen molar-refractivity contribution in [1.29, 1.82) is 5.26 Å². The number of rotatable bonds is 0. The van der Waals surface area contributed by atoms with Crippen LogP contribution in [0.1, 0.15) is 1.43 Å². The van der Waals surface area contributed by atoms with E-state index in [1.807, 2.05) is 0 Å². The second-order valence-electron chi connectivity index (χ2n) is 0.209. The molecule has 0 aliphatic carbocycles. The topological polar surface area (TPSA) is 33.0 Å². The van der Waals surface area contributed by atoms with Gasteiger partial charge in [-0.05, 0) is 0 Å². The van der Waals surface area contributed by atoms with E-state index >= 15 is 0 Å². The fourth-order valence-electron chi connectivity index (χ4n) is 0. The van der Waals surface area contributed by atoms with E-state index in [-0.39, 0.29) is 31.0 Å². The Balaban J connectivity index is -0.0000000450. The summed E-state index contributed by atoms with van der Waals surface area (Å²) in [5, 5.41) is 7.38. The third-order valence-corrected chi connectivity index (χ3v) is 0.158. The second kappa shape index (κ2) is 8.83. The van der Waals surface area contributed by atoms with Crippen LogP contribution in [0.25, 0.3) is 0 Å². The minimum Gasteiger partial charge on any atom is -1.00 e. The van der Waals surface area contributed by atoms with Gasteiger partial charge in [0.25, 0.3) is 6.26 Å². The minimum absolute atomic E-state index is 0. The van der Waals surface area contributed by atoms with Gasteiger partial charge in [-0.1, -0.05) is 0 Å². The summed E-state index contributed by atoms with van der Waals surface area (Å²) in [7, 11) is 1.79. The monoisotopic (exact) mass is 99.0 g/mol. The first-order valence-electron chi connectivity index (χ1n) is 0.663. The van der Waals surface area contributed by atoms with Crippen molar-refractivity contribution >= 4 is 9.47 Å². The van der Waals surface area contributed by atoms with Crippen molar-refractivity contribution in [1.82, 2.24) is 0 Å². The van der Waals surface area contributed by atoms with Gasteiger partial charge in [-0.25, -0.2) is 0 Å². The van der Waals surface area contributed by atoms with Gasteiger partial charge in [0.05, 0.1) is 9.47 Å². The molecule has 0 radical (unpaired) electrons. The molecule has 5 heavy (non-hydrogen) atoms. The molecular weight excluding hydrogens is 96.0 g/mol. The molecule has 2 nitrogen and oxygen atoms in total. The third kappa shape index (κ3) is 11.8. The van der Waals surface area contributed by atoms with E-state index in [0.717, 1.165) is 0 Å². The molecule has 0 aliphatic heterocycles. The van der Waals surface area contributed by atoms with Gasteiger partial charge in [-0.3, -0.25) is 0 Å². The molecule has 0 aromatic rings. The van der Waals surface area contributed by atoms with Gasteiger partial charge in [0.2, 0.25) is 0 Å². The third-order valence-electron chi connectivity index (χ3n) is 0.0527. The molecular formula is CH3NNaOP. The quantitative estimate of drug-likeness (QED) is 0.189.